The molecule has 0 N–H and O–H groups in total. The molecule has 0 aliphatic rings. The van der Waals surface area contributed by atoms with Gasteiger partial charge < -0.3 is 9.30 Å². The van der Waals surface area contributed by atoms with Gasteiger partial charge in [-0.15, -0.1) is 0 Å². The number of hydrogen-bond acceptors (Lipinski definition) is 4. The van der Waals surface area contributed by atoms with Crippen molar-refractivity contribution < 1.29 is 22.6 Å². The average Bonchev–Trinajstić information content (AvgIpc) is 3.10. The molecule has 4 rings (SSSR count). The van der Waals surface area contributed by atoms with E-state index in [2.05, 4.69) is 0 Å². The number of nitro benzene ring substituents is 1. The molecule has 0 amide bonds. The van der Waals surface area contributed by atoms with Crippen molar-refractivity contribution in [3.8, 4) is 5.75 Å². The van der Waals surface area contributed by atoms with Gasteiger partial charge in [0.25, 0.3) is 5.69 Å². The van der Waals surface area contributed by atoms with Gasteiger partial charge in [0.1, 0.15) is 22.3 Å². The monoisotopic (exact) mass is 442 g/mol. The Morgan fingerprint density at radius 3 is 2.42 bits per heavy atom. The Balaban J connectivity index is 1.87. The molecule has 9 heteroatoms. The van der Waals surface area contributed by atoms with Crippen LogP contribution in [0.1, 0.15) is 5.56 Å². The molecule has 0 radical (unpaired) electrons. The van der Waals surface area contributed by atoms with E-state index in [1.165, 1.54) is 37.4 Å². The van der Waals surface area contributed by atoms with E-state index < -0.39 is 27.4 Å². The van der Waals surface area contributed by atoms with Crippen LogP contribution in [-0.2, 0) is 17.3 Å². The highest BCUT2D eigenvalue weighted by atomic mass is 32.2. The number of hydrogen-bond donors (Lipinski definition) is 0. The minimum absolute atomic E-state index is 0.0687. The molecule has 158 valence electrons. The van der Waals surface area contributed by atoms with Crippen LogP contribution in [0.25, 0.3) is 10.9 Å². The number of nitro groups is 1. The predicted molar refractivity (Wildman–Crippen MR) is 112 cm³/mol. The van der Waals surface area contributed by atoms with Crippen LogP contribution in [0.4, 0.5) is 14.5 Å². The molecule has 1 atom stereocenters. The average molecular weight is 442 g/mol. The summed E-state index contributed by atoms with van der Waals surface area (Å²) in [5.74, 6) is -0.860. The Hall–Kier alpha value is -3.59. The van der Waals surface area contributed by atoms with Gasteiger partial charge in [-0.05, 0) is 35.9 Å². The molecular weight excluding hydrogens is 426 g/mol. The molecule has 6 nitrogen and oxygen atoms in total. The number of aromatic nitrogens is 1. The lowest BCUT2D eigenvalue weighted by molar-refractivity contribution is -0.387. The van der Waals surface area contributed by atoms with Gasteiger partial charge in [0.15, 0.2) is 0 Å². The Morgan fingerprint density at radius 1 is 1.03 bits per heavy atom. The lowest BCUT2D eigenvalue weighted by Crippen LogP contribution is -2.00. The van der Waals surface area contributed by atoms with Crippen molar-refractivity contribution in [2.24, 2.45) is 0 Å². The van der Waals surface area contributed by atoms with Gasteiger partial charge >= 0.3 is 0 Å². The molecule has 1 aromatic heterocycles. The summed E-state index contributed by atoms with van der Waals surface area (Å²) >= 11 is 0. The molecule has 1 heterocycles. The number of nitrogens with zero attached hydrogens (tertiary/aromatic N) is 2. The zero-order valence-corrected chi connectivity index (χ0v) is 17.1. The van der Waals surface area contributed by atoms with Crippen LogP contribution in [0.15, 0.2) is 76.7 Å². The largest absolute Gasteiger partial charge is 0.497 e. The SMILES string of the molecule is COc1ccc2c(S(=O)c3ccccc3[N+](=O)[O-])cn(Cc3cc(F)cc(F)c3)c2c1. The summed E-state index contributed by atoms with van der Waals surface area (Å²) in [6.07, 6.45) is 1.58. The van der Waals surface area contributed by atoms with Crippen molar-refractivity contribution in [2.45, 2.75) is 16.3 Å². The summed E-state index contributed by atoms with van der Waals surface area (Å²) in [7, 11) is -0.357. The number of halogens is 2. The number of methoxy groups -OCH3 is 1. The first-order chi connectivity index (χ1) is 14.9. The van der Waals surface area contributed by atoms with E-state index in [0.29, 0.717) is 27.1 Å². The second-order valence-electron chi connectivity index (χ2n) is 6.78. The van der Waals surface area contributed by atoms with Crippen molar-refractivity contribution in [1.82, 2.24) is 4.57 Å². The molecule has 31 heavy (non-hydrogen) atoms. The van der Waals surface area contributed by atoms with E-state index in [1.54, 1.807) is 35.0 Å². The van der Waals surface area contributed by atoms with Crippen molar-refractivity contribution in [3.63, 3.8) is 0 Å². The topological polar surface area (TPSA) is 74.4 Å². The standard InChI is InChI=1S/C22H16F2N2O4S/c1-30-17-6-7-18-20(11-17)25(12-14-8-15(23)10-16(24)9-14)13-22(18)31(29)21-5-3-2-4-19(21)26(27)28/h2-11,13H,12H2,1H3. The Labute approximate surface area is 178 Å². The molecule has 0 fully saturated rings. The molecule has 4 aromatic rings. The van der Waals surface area contributed by atoms with E-state index in [-0.39, 0.29) is 17.1 Å². The summed E-state index contributed by atoms with van der Waals surface area (Å²) in [4.78, 5) is 11.2. The van der Waals surface area contributed by atoms with E-state index in [4.69, 9.17) is 4.74 Å². The van der Waals surface area contributed by atoms with Gasteiger partial charge in [0.05, 0.1) is 33.2 Å². The van der Waals surface area contributed by atoms with Gasteiger partial charge in [-0.2, -0.15) is 0 Å². The second-order valence-corrected chi connectivity index (χ2v) is 8.19. The van der Waals surface area contributed by atoms with Crippen LogP contribution >= 0.6 is 0 Å². The van der Waals surface area contributed by atoms with Crippen LogP contribution in [0.2, 0.25) is 0 Å². The number of para-hydroxylation sites is 1. The highest BCUT2D eigenvalue weighted by Gasteiger charge is 2.23. The first kappa shape index (κ1) is 20.7. The zero-order chi connectivity index (χ0) is 22.1. The first-order valence-electron chi connectivity index (χ1n) is 9.14. The van der Waals surface area contributed by atoms with Crippen LogP contribution in [0.5, 0.6) is 5.75 Å². The second kappa shape index (κ2) is 8.27. The molecule has 0 aliphatic carbocycles. The van der Waals surface area contributed by atoms with E-state index in [9.17, 15) is 23.1 Å². The molecule has 0 saturated carbocycles. The fourth-order valence-electron chi connectivity index (χ4n) is 3.43. The van der Waals surface area contributed by atoms with E-state index in [0.717, 1.165) is 6.07 Å². The summed E-state index contributed by atoms with van der Waals surface area (Å²) in [6, 6.07) is 14.2. The van der Waals surface area contributed by atoms with Crippen molar-refractivity contribution in [3.05, 3.63) is 94.2 Å². The van der Waals surface area contributed by atoms with Gasteiger partial charge in [0, 0.05) is 36.3 Å². The van der Waals surface area contributed by atoms with Crippen molar-refractivity contribution >= 4 is 27.4 Å². The summed E-state index contributed by atoms with van der Waals surface area (Å²) in [5, 5.41) is 12.0. The highest BCUT2D eigenvalue weighted by molar-refractivity contribution is 7.85. The van der Waals surface area contributed by atoms with Gasteiger partial charge in [0.2, 0.25) is 0 Å². The Kier molecular flexibility index (Phi) is 5.51. The molecule has 0 spiro atoms. The summed E-state index contributed by atoms with van der Waals surface area (Å²) in [5.41, 5.74) is 0.744. The van der Waals surface area contributed by atoms with Crippen LogP contribution < -0.4 is 4.74 Å². The van der Waals surface area contributed by atoms with Crippen molar-refractivity contribution in [1.29, 1.82) is 0 Å². The number of fused-ring (bicyclic) bond motifs is 1. The third kappa shape index (κ3) is 4.04. The quantitative estimate of drug-likeness (QED) is 0.309. The molecule has 3 aromatic carbocycles. The predicted octanol–water partition coefficient (Wildman–Crippen LogP) is 5.05. The number of rotatable bonds is 6. The Bertz CT molecular complexity index is 1320. The molecule has 0 saturated heterocycles. The third-order valence-electron chi connectivity index (χ3n) is 4.79. The fourth-order valence-corrected chi connectivity index (χ4v) is 4.79. The third-order valence-corrected chi connectivity index (χ3v) is 6.26. The highest BCUT2D eigenvalue weighted by Crippen LogP contribution is 2.33. The minimum atomic E-state index is -1.86. The molecular formula is C22H16F2N2O4S. The Morgan fingerprint density at radius 2 is 1.74 bits per heavy atom. The smallest absolute Gasteiger partial charge is 0.285 e. The van der Waals surface area contributed by atoms with E-state index in [1.807, 2.05) is 0 Å². The van der Waals surface area contributed by atoms with Crippen LogP contribution in [0, 0.1) is 21.7 Å². The lowest BCUT2D eigenvalue weighted by atomic mass is 10.2. The number of ether oxygens (including phenoxy) is 1. The van der Waals surface area contributed by atoms with Gasteiger partial charge in [-0.25, -0.2) is 13.0 Å². The maximum absolute atomic E-state index is 13.7. The van der Waals surface area contributed by atoms with E-state index >= 15 is 0 Å². The van der Waals surface area contributed by atoms with Crippen LogP contribution in [-0.4, -0.2) is 20.8 Å². The maximum atomic E-state index is 13.7. The van der Waals surface area contributed by atoms with Gasteiger partial charge in [-0.1, -0.05) is 12.1 Å². The first-order valence-corrected chi connectivity index (χ1v) is 10.3. The minimum Gasteiger partial charge on any atom is -0.497 e. The number of benzene rings is 3. The lowest BCUT2D eigenvalue weighted by Gasteiger charge is -2.07. The summed E-state index contributed by atoms with van der Waals surface area (Å²) in [6.45, 7) is 0.104. The summed E-state index contributed by atoms with van der Waals surface area (Å²) < 4.78 is 47.6. The normalized spacial score (nSPS) is 12.1. The maximum Gasteiger partial charge on any atom is 0.285 e. The zero-order valence-electron chi connectivity index (χ0n) is 16.2. The molecule has 0 bridgehead atoms. The van der Waals surface area contributed by atoms with Crippen molar-refractivity contribution in [2.75, 3.05) is 7.11 Å². The molecule has 1 unspecified atom stereocenters. The van der Waals surface area contributed by atoms with Crippen LogP contribution in [0.3, 0.4) is 0 Å². The molecule has 0 aliphatic heterocycles. The van der Waals surface area contributed by atoms with Gasteiger partial charge in [-0.3, -0.25) is 10.1 Å². The fraction of sp³-hybridized carbons (Fsp3) is 0.0909.